The van der Waals surface area contributed by atoms with Crippen LogP contribution in [0, 0.1) is 6.92 Å². The lowest BCUT2D eigenvalue weighted by atomic mass is 9.94. The molecule has 0 bridgehead atoms. The molecular formula is C24H27N3O6. The zero-order valence-corrected chi connectivity index (χ0v) is 18.5. The highest BCUT2D eigenvalue weighted by atomic mass is 16.5. The second-order valence-corrected chi connectivity index (χ2v) is 8.42. The molecule has 9 heteroatoms. The molecule has 3 atom stereocenters. The number of carboxylic acid groups (broad SMARTS) is 1. The lowest BCUT2D eigenvalue weighted by Crippen LogP contribution is -2.53. The van der Waals surface area contributed by atoms with Gasteiger partial charge >= 0.3 is 12.0 Å². The number of ether oxygens (including phenoxy) is 2. The summed E-state index contributed by atoms with van der Waals surface area (Å²) in [6.45, 7) is 2.17. The molecule has 0 aromatic heterocycles. The number of aryl methyl sites for hydroxylation is 1. The minimum Gasteiger partial charge on any atom is -0.490 e. The lowest BCUT2D eigenvalue weighted by Gasteiger charge is -2.42. The van der Waals surface area contributed by atoms with Crippen molar-refractivity contribution in [3.05, 3.63) is 53.6 Å². The van der Waals surface area contributed by atoms with E-state index in [1.165, 1.54) is 0 Å². The summed E-state index contributed by atoms with van der Waals surface area (Å²) < 4.78 is 11.8. The van der Waals surface area contributed by atoms with E-state index in [0.717, 1.165) is 5.56 Å². The third kappa shape index (κ3) is 5.25. The number of aliphatic carboxylic acids is 1. The number of fused-ring (bicyclic) bond motifs is 2. The molecule has 2 heterocycles. The van der Waals surface area contributed by atoms with Crippen LogP contribution >= 0.6 is 0 Å². The zero-order chi connectivity index (χ0) is 23.5. The molecule has 3 amide bonds. The number of hydrogen-bond donors (Lipinski definition) is 3. The van der Waals surface area contributed by atoms with Crippen LogP contribution in [0.2, 0.25) is 0 Å². The number of carbonyl (C=O) groups is 3. The van der Waals surface area contributed by atoms with Crippen LogP contribution in [-0.4, -0.2) is 59.8 Å². The highest BCUT2D eigenvalue weighted by Crippen LogP contribution is 2.32. The maximum absolute atomic E-state index is 13.2. The van der Waals surface area contributed by atoms with Crippen molar-refractivity contribution in [3.8, 4) is 5.75 Å². The van der Waals surface area contributed by atoms with Gasteiger partial charge in [-0.05, 0) is 50.1 Å². The Morgan fingerprint density at radius 1 is 1.09 bits per heavy atom. The van der Waals surface area contributed by atoms with Gasteiger partial charge < -0.3 is 30.1 Å². The molecule has 2 aromatic rings. The Morgan fingerprint density at radius 2 is 1.79 bits per heavy atom. The van der Waals surface area contributed by atoms with E-state index in [2.05, 4.69) is 10.6 Å². The molecule has 0 radical (unpaired) electrons. The molecule has 0 saturated carbocycles. The standard InChI is InChI=1S/C24H27N3O6/c1-14-3-5-15(6-4-14)25-24(31)26-16-7-10-20-18(11-16)23(30)27(2)19-9-8-17(12-22(28)29)33-21(19)13-32-20/h3-7,10-11,17,19,21H,8-9,12-13H2,1-2H3,(H,28,29)(H2,25,26,31)/t17-,19+,21-/m0/s1. The van der Waals surface area contributed by atoms with Crippen molar-refractivity contribution >= 4 is 29.3 Å². The number of rotatable bonds is 4. The first-order valence-corrected chi connectivity index (χ1v) is 10.9. The molecular weight excluding hydrogens is 426 g/mol. The molecule has 9 nitrogen and oxygen atoms in total. The topological polar surface area (TPSA) is 117 Å². The van der Waals surface area contributed by atoms with Crippen molar-refractivity contribution < 1.29 is 29.0 Å². The van der Waals surface area contributed by atoms with Crippen LogP contribution in [0.1, 0.15) is 35.2 Å². The monoisotopic (exact) mass is 453 g/mol. The summed E-state index contributed by atoms with van der Waals surface area (Å²) in [5.41, 5.74) is 2.56. The van der Waals surface area contributed by atoms with Gasteiger partial charge in [0.15, 0.2) is 0 Å². The van der Waals surface area contributed by atoms with Crippen molar-refractivity contribution in [3.63, 3.8) is 0 Å². The first-order chi connectivity index (χ1) is 15.8. The highest BCUT2D eigenvalue weighted by Gasteiger charge is 2.39. The fourth-order valence-corrected chi connectivity index (χ4v) is 4.23. The second-order valence-electron chi connectivity index (χ2n) is 8.42. The first-order valence-electron chi connectivity index (χ1n) is 10.9. The van der Waals surface area contributed by atoms with Crippen molar-refractivity contribution in [2.75, 3.05) is 24.3 Å². The zero-order valence-electron chi connectivity index (χ0n) is 18.5. The van der Waals surface area contributed by atoms with Gasteiger partial charge in [-0.3, -0.25) is 9.59 Å². The minimum atomic E-state index is -0.911. The van der Waals surface area contributed by atoms with E-state index in [0.29, 0.717) is 35.5 Å². The highest BCUT2D eigenvalue weighted by molar-refractivity contribution is 6.02. The van der Waals surface area contributed by atoms with Crippen LogP contribution in [0.3, 0.4) is 0 Å². The summed E-state index contributed by atoms with van der Waals surface area (Å²) in [5.74, 6) is -0.771. The fourth-order valence-electron chi connectivity index (χ4n) is 4.23. The molecule has 33 heavy (non-hydrogen) atoms. The minimum absolute atomic E-state index is 0.0723. The van der Waals surface area contributed by atoms with Gasteiger partial charge in [-0.2, -0.15) is 0 Å². The molecule has 1 saturated heterocycles. The Hall–Kier alpha value is -3.59. The third-order valence-corrected chi connectivity index (χ3v) is 5.98. The smallest absolute Gasteiger partial charge is 0.323 e. The van der Waals surface area contributed by atoms with E-state index in [9.17, 15) is 14.4 Å². The Balaban J connectivity index is 1.48. The van der Waals surface area contributed by atoms with Crippen molar-refractivity contribution in [1.82, 2.24) is 4.90 Å². The SMILES string of the molecule is Cc1ccc(NC(=O)Nc2ccc3c(c2)C(=O)N(C)[C@@H]2CC[C@@H](CC(=O)O)O[C@H]2CO3)cc1. The average Bonchev–Trinajstić information content (AvgIpc) is 2.78. The largest absolute Gasteiger partial charge is 0.490 e. The van der Waals surface area contributed by atoms with Crippen LogP contribution in [0.5, 0.6) is 5.75 Å². The number of benzene rings is 2. The number of urea groups is 1. The molecule has 0 unspecified atom stereocenters. The molecule has 0 spiro atoms. The average molecular weight is 453 g/mol. The van der Waals surface area contributed by atoms with E-state index >= 15 is 0 Å². The van der Waals surface area contributed by atoms with Crippen molar-refractivity contribution in [2.45, 2.75) is 44.4 Å². The second kappa shape index (κ2) is 9.50. The number of amides is 3. The van der Waals surface area contributed by atoms with E-state index in [-0.39, 0.29) is 25.0 Å². The third-order valence-electron chi connectivity index (χ3n) is 5.98. The normalized spacial score (nSPS) is 22.2. The molecule has 174 valence electrons. The van der Waals surface area contributed by atoms with Crippen LogP contribution in [0.15, 0.2) is 42.5 Å². The maximum atomic E-state index is 13.2. The number of carbonyl (C=O) groups excluding carboxylic acids is 2. The van der Waals surface area contributed by atoms with Crippen LogP contribution in [-0.2, 0) is 9.53 Å². The first kappa shape index (κ1) is 22.6. The molecule has 4 rings (SSSR count). The molecule has 2 aliphatic rings. The van der Waals surface area contributed by atoms with Gasteiger partial charge in [-0.25, -0.2) is 4.79 Å². The molecule has 2 aliphatic heterocycles. The van der Waals surface area contributed by atoms with Gasteiger partial charge in [0.1, 0.15) is 18.5 Å². The fraction of sp³-hybridized carbons (Fsp3) is 0.375. The predicted molar refractivity (Wildman–Crippen MR) is 122 cm³/mol. The van der Waals surface area contributed by atoms with E-state index in [1.807, 2.05) is 31.2 Å². The number of anilines is 2. The Bertz CT molecular complexity index is 1050. The Labute approximate surface area is 191 Å². The number of likely N-dealkylation sites (N-methyl/N-ethyl adjacent to an activating group) is 1. The molecule has 3 N–H and O–H groups in total. The van der Waals surface area contributed by atoms with Gasteiger partial charge in [0.05, 0.1) is 24.1 Å². The summed E-state index contributed by atoms with van der Waals surface area (Å²) in [7, 11) is 1.71. The maximum Gasteiger partial charge on any atom is 0.323 e. The molecule has 1 fully saturated rings. The van der Waals surface area contributed by atoms with Gasteiger partial charge in [-0.15, -0.1) is 0 Å². The number of hydrogen-bond acceptors (Lipinski definition) is 5. The molecule has 0 aliphatic carbocycles. The quantitative estimate of drug-likeness (QED) is 0.652. The summed E-state index contributed by atoms with van der Waals surface area (Å²) in [6, 6.07) is 11.7. The van der Waals surface area contributed by atoms with Gasteiger partial charge in [-0.1, -0.05) is 17.7 Å². The molecule has 2 aromatic carbocycles. The summed E-state index contributed by atoms with van der Waals surface area (Å²) in [4.78, 5) is 38.3. The number of nitrogens with zero attached hydrogens (tertiary/aromatic N) is 1. The van der Waals surface area contributed by atoms with Gasteiger partial charge in [0.2, 0.25) is 0 Å². The lowest BCUT2D eigenvalue weighted by molar-refractivity contribution is -0.148. The number of carboxylic acids is 1. The summed E-state index contributed by atoms with van der Waals surface area (Å²) in [5, 5.41) is 14.6. The Kier molecular flexibility index (Phi) is 6.50. The van der Waals surface area contributed by atoms with Gasteiger partial charge in [0, 0.05) is 18.4 Å². The van der Waals surface area contributed by atoms with Crippen molar-refractivity contribution in [1.29, 1.82) is 0 Å². The predicted octanol–water partition coefficient (Wildman–Crippen LogP) is 3.49. The Morgan fingerprint density at radius 3 is 2.52 bits per heavy atom. The van der Waals surface area contributed by atoms with Crippen LogP contribution in [0.25, 0.3) is 0 Å². The summed E-state index contributed by atoms with van der Waals surface area (Å²) in [6.07, 6.45) is 0.299. The van der Waals surface area contributed by atoms with Crippen LogP contribution in [0.4, 0.5) is 16.2 Å². The van der Waals surface area contributed by atoms with E-state index < -0.39 is 24.2 Å². The number of nitrogens with one attached hydrogen (secondary N) is 2. The van der Waals surface area contributed by atoms with Crippen LogP contribution < -0.4 is 15.4 Å². The van der Waals surface area contributed by atoms with Gasteiger partial charge in [0.25, 0.3) is 5.91 Å². The van der Waals surface area contributed by atoms with E-state index in [4.69, 9.17) is 14.6 Å². The summed E-state index contributed by atoms with van der Waals surface area (Å²) >= 11 is 0. The van der Waals surface area contributed by atoms with Crippen molar-refractivity contribution in [2.24, 2.45) is 0 Å². The van der Waals surface area contributed by atoms with E-state index in [1.54, 1.807) is 30.1 Å².